The van der Waals surface area contributed by atoms with Gasteiger partial charge in [0, 0.05) is 5.56 Å². The number of hydrogen-bond acceptors (Lipinski definition) is 6. The van der Waals surface area contributed by atoms with Gasteiger partial charge in [-0.15, -0.1) is 0 Å². The zero-order valence-corrected chi connectivity index (χ0v) is 17.2. The largest absolute Gasteiger partial charge is 0.465 e. The van der Waals surface area contributed by atoms with Crippen LogP contribution in [0.3, 0.4) is 0 Å². The van der Waals surface area contributed by atoms with Crippen molar-refractivity contribution in [2.45, 2.75) is 6.92 Å². The van der Waals surface area contributed by atoms with Crippen LogP contribution in [-0.2, 0) is 14.3 Å². The van der Waals surface area contributed by atoms with Crippen molar-refractivity contribution < 1.29 is 28.3 Å². The summed E-state index contributed by atoms with van der Waals surface area (Å²) in [5.74, 6) is -1.55. The highest BCUT2D eigenvalue weighted by molar-refractivity contribution is 6.39. The summed E-state index contributed by atoms with van der Waals surface area (Å²) in [7, 11) is 1.28. The van der Waals surface area contributed by atoms with E-state index in [4.69, 9.17) is 9.15 Å². The summed E-state index contributed by atoms with van der Waals surface area (Å²) in [6.07, 6.45) is 1.26. The van der Waals surface area contributed by atoms with Crippen LogP contribution in [0.15, 0.2) is 70.7 Å². The van der Waals surface area contributed by atoms with Gasteiger partial charge in [-0.1, -0.05) is 35.9 Å². The van der Waals surface area contributed by atoms with Crippen molar-refractivity contribution in [3.8, 4) is 11.3 Å². The van der Waals surface area contributed by atoms with E-state index in [2.05, 4.69) is 5.32 Å². The van der Waals surface area contributed by atoms with Crippen LogP contribution < -0.4 is 10.2 Å². The van der Waals surface area contributed by atoms with Gasteiger partial charge in [0.2, 0.25) is 0 Å². The van der Waals surface area contributed by atoms with E-state index < -0.39 is 23.8 Å². The Balaban J connectivity index is 1.69. The van der Waals surface area contributed by atoms with Crippen LogP contribution in [0.1, 0.15) is 21.7 Å². The first-order valence-electron chi connectivity index (χ1n) is 9.64. The zero-order chi connectivity index (χ0) is 22.8. The quantitative estimate of drug-likeness (QED) is 0.384. The molecule has 4 amide bonds. The third-order valence-electron chi connectivity index (χ3n) is 4.91. The molecule has 1 aliphatic rings. The first-order valence-corrected chi connectivity index (χ1v) is 9.64. The molecule has 2 heterocycles. The van der Waals surface area contributed by atoms with Crippen LogP contribution in [0, 0.1) is 6.92 Å². The molecule has 2 aromatic carbocycles. The number of aryl methyl sites for hydroxylation is 1. The minimum Gasteiger partial charge on any atom is -0.465 e. The van der Waals surface area contributed by atoms with Crippen LogP contribution in [0.5, 0.6) is 0 Å². The molecule has 1 aliphatic heterocycles. The standard InChI is InChI=1S/C24H18N2O6/c1-14-7-9-15(10-8-14)26-22(28)19(21(27)25-24(26)30)13-16-11-12-20(32-16)17-5-3-4-6-18(17)23(29)31-2/h3-13H,1-2H3,(H,25,27,30)/b19-13-. The summed E-state index contributed by atoms with van der Waals surface area (Å²) in [4.78, 5) is 50.5. The summed E-state index contributed by atoms with van der Waals surface area (Å²) in [6, 6.07) is 15.8. The van der Waals surface area contributed by atoms with E-state index in [1.54, 1.807) is 60.7 Å². The first-order chi connectivity index (χ1) is 15.4. The van der Waals surface area contributed by atoms with Crippen molar-refractivity contribution in [2.24, 2.45) is 0 Å². The second kappa shape index (κ2) is 8.35. The van der Waals surface area contributed by atoms with Crippen LogP contribution in [0.4, 0.5) is 10.5 Å². The molecule has 32 heavy (non-hydrogen) atoms. The van der Waals surface area contributed by atoms with E-state index in [1.807, 2.05) is 6.92 Å². The number of urea groups is 1. The number of anilines is 1. The number of esters is 1. The van der Waals surface area contributed by atoms with Crippen LogP contribution >= 0.6 is 0 Å². The number of methoxy groups -OCH3 is 1. The van der Waals surface area contributed by atoms with Crippen LogP contribution in [-0.4, -0.2) is 30.9 Å². The summed E-state index contributed by atoms with van der Waals surface area (Å²) >= 11 is 0. The lowest BCUT2D eigenvalue weighted by Gasteiger charge is -2.26. The number of benzene rings is 2. The van der Waals surface area contributed by atoms with Gasteiger partial charge in [0.05, 0.1) is 18.4 Å². The van der Waals surface area contributed by atoms with E-state index in [-0.39, 0.29) is 11.3 Å². The van der Waals surface area contributed by atoms with Crippen LogP contribution in [0.25, 0.3) is 17.4 Å². The van der Waals surface area contributed by atoms with E-state index in [1.165, 1.54) is 13.2 Å². The molecule has 0 saturated carbocycles. The number of furan rings is 1. The molecule has 0 aliphatic carbocycles. The molecule has 0 unspecified atom stereocenters. The van der Waals surface area contributed by atoms with Crippen molar-refractivity contribution in [3.63, 3.8) is 0 Å². The molecule has 1 aromatic heterocycles. The van der Waals surface area contributed by atoms with Crippen LogP contribution in [0.2, 0.25) is 0 Å². The molecule has 1 saturated heterocycles. The van der Waals surface area contributed by atoms with Gasteiger partial charge in [-0.2, -0.15) is 0 Å². The van der Waals surface area contributed by atoms with Crippen molar-refractivity contribution in [3.05, 3.63) is 83.1 Å². The molecule has 3 aromatic rings. The molecular weight excluding hydrogens is 412 g/mol. The van der Waals surface area contributed by atoms with Gasteiger partial charge in [-0.05, 0) is 43.3 Å². The van der Waals surface area contributed by atoms with Gasteiger partial charge < -0.3 is 9.15 Å². The molecule has 8 heteroatoms. The number of imide groups is 2. The Labute approximate surface area is 183 Å². The predicted octanol–water partition coefficient (Wildman–Crippen LogP) is 3.71. The molecule has 1 fully saturated rings. The van der Waals surface area contributed by atoms with Gasteiger partial charge >= 0.3 is 12.0 Å². The molecule has 4 rings (SSSR count). The number of nitrogens with zero attached hydrogens (tertiary/aromatic N) is 1. The number of hydrogen-bond donors (Lipinski definition) is 1. The molecule has 0 atom stereocenters. The lowest BCUT2D eigenvalue weighted by molar-refractivity contribution is -0.122. The maximum atomic E-state index is 13.0. The third-order valence-corrected chi connectivity index (χ3v) is 4.91. The van der Waals surface area contributed by atoms with E-state index in [9.17, 15) is 19.2 Å². The Hall–Kier alpha value is -4.46. The van der Waals surface area contributed by atoms with Crippen molar-refractivity contribution in [2.75, 3.05) is 12.0 Å². The fourth-order valence-electron chi connectivity index (χ4n) is 3.29. The first kappa shape index (κ1) is 20.8. The molecular formula is C24H18N2O6. The average Bonchev–Trinajstić information content (AvgIpc) is 3.26. The van der Waals surface area contributed by atoms with E-state index in [0.717, 1.165) is 10.5 Å². The van der Waals surface area contributed by atoms with E-state index >= 15 is 0 Å². The van der Waals surface area contributed by atoms with Gasteiger partial charge in [-0.3, -0.25) is 14.9 Å². The Kier molecular flexibility index (Phi) is 5.43. The predicted molar refractivity (Wildman–Crippen MR) is 116 cm³/mol. The molecule has 8 nitrogen and oxygen atoms in total. The normalized spacial score (nSPS) is 15.1. The minimum atomic E-state index is -0.826. The van der Waals surface area contributed by atoms with E-state index in [0.29, 0.717) is 22.6 Å². The summed E-state index contributed by atoms with van der Waals surface area (Å²) in [6.45, 7) is 1.88. The third kappa shape index (κ3) is 3.81. The maximum absolute atomic E-state index is 13.0. The monoisotopic (exact) mass is 430 g/mol. The number of ether oxygens (including phenoxy) is 1. The van der Waals surface area contributed by atoms with Gasteiger partial charge in [-0.25, -0.2) is 14.5 Å². The Bertz CT molecular complexity index is 1270. The number of carbonyl (C=O) groups is 4. The number of nitrogens with one attached hydrogen (secondary N) is 1. The lowest BCUT2D eigenvalue weighted by Crippen LogP contribution is -2.54. The van der Waals surface area contributed by atoms with Crippen molar-refractivity contribution in [1.29, 1.82) is 0 Å². The molecule has 0 bridgehead atoms. The second-order valence-electron chi connectivity index (χ2n) is 7.03. The van der Waals surface area contributed by atoms with Gasteiger partial charge in [0.1, 0.15) is 17.1 Å². The zero-order valence-electron chi connectivity index (χ0n) is 17.2. The molecule has 0 spiro atoms. The maximum Gasteiger partial charge on any atom is 0.338 e. The fraction of sp³-hybridized carbons (Fsp3) is 0.0833. The summed E-state index contributed by atoms with van der Waals surface area (Å²) in [5, 5.41) is 2.17. The molecule has 1 N–H and O–H groups in total. The van der Waals surface area contributed by atoms with Crippen molar-refractivity contribution in [1.82, 2.24) is 5.32 Å². The Morgan fingerprint density at radius 3 is 2.44 bits per heavy atom. The fourth-order valence-corrected chi connectivity index (χ4v) is 3.29. The topological polar surface area (TPSA) is 106 Å². The SMILES string of the molecule is COC(=O)c1ccccc1-c1ccc(/C=C2/C(=O)NC(=O)N(c3ccc(C)cc3)C2=O)o1. The molecule has 160 valence electrons. The highest BCUT2D eigenvalue weighted by Gasteiger charge is 2.37. The number of amides is 4. The summed E-state index contributed by atoms with van der Waals surface area (Å²) in [5.41, 5.74) is 1.85. The lowest BCUT2D eigenvalue weighted by atomic mass is 10.1. The Morgan fingerprint density at radius 2 is 1.72 bits per heavy atom. The number of carbonyl (C=O) groups excluding carboxylic acids is 4. The Morgan fingerprint density at radius 1 is 1.00 bits per heavy atom. The average molecular weight is 430 g/mol. The second-order valence-corrected chi connectivity index (χ2v) is 7.03. The summed E-state index contributed by atoms with van der Waals surface area (Å²) < 4.78 is 10.6. The highest BCUT2D eigenvalue weighted by Crippen LogP contribution is 2.28. The molecule has 0 radical (unpaired) electrons. The number of rotatable bonds is 4. The van der Waals surface area contributed by atoms with Crippen molar-refractivity contribution >= 4 is 35.6 Å². The smallest absolute Gasteiger partial charge is 0.338 e. The van der Waals surface area contributed by atoms with Gasteiger partial charge in [0.25, 0.3) is 11.8 Å². The minimum absolute atomic E-state index is 0.205. The van der Waals surface area contributed by atoms with Gasteiger partial charge in [0.15, 0.2) is 0 Å². The number of barbiturate groups is 1. The highest BCUT2D eigenvalue weighted by atomic mass is 16.5.